The third-order valence-electron chi connectivity index (χ3n) is 3.60. The average molecular weight is 364 g/mol. The lowest BCUT2D eigenvalue weighted by Crippen LogP contribution is -2.23. The van der Waals surface area contributed by atoms with Crippen LogP contribution in [-0.2, 0) is 0 Å². The van der Waals surface area contributed by atoms with Crippen molar-refractivity contribution in [3.63, 3.8) is 0 Å². The van der Waals surface area contributed by atoms with E-state index in [2.05, 4.69) is 84.5 Å². The first kappa shape index (κ1) is 16.6. The Bertz CT molecular complexity index is 598. The van der Waals surface area contributed by atoms with Gasteiger partial charge in [-0.2, -0.15) is 0 Å². The van der Waals surface area contributed by atoms with Gasteiger partial charge in [0.05, 0.1) is 0 Å². The summed E-state index contributed by atoms with van der Waals surface area (Å²) >= 11 is 5.43. The second-order valence-corrected chi connectivity index (χ2v) is 7.23. The molecule has 21 heavy (non-hydrogen) atoms. The van der Waals surface area contributed by atoms with E-state index in [4.69, 9.17) is 0 Å². The highest BCUT2D eigenvalue weighted by Crippen LogP contribution is 2.27. The maximum absolute atomic E-state index is 3.60. The van der Waals surface area contributed by atoms with Crippen LogP contribution in [0.2, 0.25) is 0 Å². The quantitative estimate of drug-likeness (QED) is 0.679. The fraction of sp³-hybridized carbons (Fsp3) is 0.333. The lowest BCUT2D eigenvalue weighted by atomic mass is 10.0. The summed E-state index contributed by atoms with van der Waals surface area (Å²) in [5.41, 5.74) is 4.10. The van der Waals surface area contributed by atoms with Crippen LogP contribution in [0.25, 0.3) is 0 Å². The van der Waals surface area contributed by atoms with E-state index < -0.39 is 0 Å². The van der Waals surface area contributed by atoms with Gasteiger partial charge in [0.25, 0.3) is 0 Å². The van der Waals surface area contributed by atoms with Crippen LogP contribution in [0.15, 0.2) is 51.8 Å². The van der Waals surface area contributed by atoms with Crippen molar-refractivity contribution >= 4 is 27.7 Å². The largest absolute Gasteiger partial charge is 0.309 e. The molecule has 0 spiro atoms. The zero-order valence-electron chi connectivity index (χ0n) is 12.8. The summed E-state index contributed by atoms with van der Waals surface area (Å²) in [5.74, 6) is 1.03. The monoisotopic (exact) mass is 363 g/mol. The summed E-state index contributed by atoms with van der Waals surface area (Å²) < 4.78 is 1.14. The number of hydrogen-bond acceptors (Lipinski definition) is 2. The maximum Gasteiger partial charge on any atom is 0.0415 e. The van der Waals surface area contributed by atoms with Crippen molar-refractivity contribution in [1.29, 1.82) is 0 Å². The van der Waals surface area contributed by atoms with Crippen LogP contribution in [0.4, 0.5) is 0 Å². The van der Waals surface area contributed by atoms with Crippen molar-refractivity contribution in [2.24, 2.45) is 0 Å². The Morgan fingerprint density at radius 3 is 2.57 bits per heavy atom. The minimum Gasteiger partial charge on any atom is -0.309 e. The van der Waals surface area contributed by atoms with Gasteiger partial charge in [0.1, 0.15) is 0 Å². The van der Waals surface area contributed by atoms with Crippen LogP contribution in [0.3, 0.4) is 0 Å². The molecular weight excluding hydrogens is 342 g/mol. The van der Waals surface area contributed by atoms with E-state index in [0.717, 1.165) is 16.8 Å². The Balaban J connectivity index is 2.09. The van der Waals surface area contributed by atoms with E-state index in [1.54, 1.807) is 0 Å². The molecule has 0 aliphatic heterocycles. The van der Waals surface area contributed by atoms with Gasteiger partial charge in [-0.15, -0.1) is 11.8 Å². The first-order valence-corrected chi connectivity index (χ1v) is 9.07. The van der Waals surface area contributed by atoms with Gasteiger partial charge in [0.15, 0.2) is 0 Å². The van der Waals surface area contributed by atoms with Crippen LogP contribution >= 0.6 is 27.7 Å². The van der Waals surface area contributed by atoms with E-state index in [1.165, 1.54) is 21.6 Å². The maximum atomic E-state index is 3.60. The van der Waals surface area contributed by atoms with Gasteiger partial charge < -0.3 is 5.32 Å². The molecule has 1 unspecified atom stereocenters. The van der Waals surface area contributed by atoms with E-state index in [-0.39, 0.29) is 0 Å². The zero-order chi connectivity index (χ0) is 15.2. The molecule has 0 bridgehead atoms. The smallest absolute Gasteiger partial charge is 0.0415 e. The number of rotatable bonds is 6. The molecule has 0 aliphatic carbocycles. The van der Waals surface area contributed by atoms with Crippen molar-refractivity contribution in [2.75, 3.05) is 12.3 Å². The van der Waals surface area contributed by atoms with Crippen molar-refractivity contribution in [2.45, 2.75) is 31.7 Å². The highest BCUT2D eigenvalue weighted by molar-refractivity contribution is 9.10. The summed E-state index contributed by atoms with van der Waals surface area (Å²) in [6.45, 7) is 7.50. The molecule has 0 aliphatic rings. The standard InChI is InChI=1S/C18H22BrNS/c1-4-20-18(15-9-8-13(2)14(3)10-15)12-21-17-7-5-6-16(19)11-17/h5-11,18,20H,4,12H2,1-3H3. The average Bonchev–Trinajstić information content (AvgIpc) is 2.46. The van der Waals surface area contributed by atoms with Gasteiger partial charge >= 0.3 is 0 Å². The summed E-state index contributed by atoms with van der Waals surface area (Å²) in [6, 6.07) is 15.7. The molecule has 0 fully saturated rings. The molecule has 1 atom stereocenters. The fourth-order valence-electron chi connectivity index (χ4n) is 2.24. The summed E-state index contributed by atoms with van der Waals surface area (Å²) in [4.78, 5) is 1.30. The molecule has 0 saturated carbocycles. The van der Waals surface area contributed by atoms with E-state index in [0.29, 0.717) is 6.04 Å². The van der Waals surface area contributed by atoms with Crippen LogP contribution in [0.5, 0.6) is 0 Å². The third-order valence-corrected chi connectivity index (χ3v) is 5.18. The topological polar surface area (TPSA) is 12.0 Å². The molecule has 112 valence electrons. The Kier molecular flexibility index (Phi) is 6.34. The summed E-state index contributed by atoms with van der Waals surface area (Å²) in [5, 5.41) is 3.60. The van der Waals surface area contributed by atoms with Gasteiger partial charge in [-0.3, -0.25) is 0 Å². The Morgan fingerprint density at radius 2 is 1.90 bits per heavy atom. The van der Waals surface area contributed by atoms with Crippen molar-refractivity contribution in [1.82, 2.24) is 5.32 Å². The van der Waals surface area contributed by atoms with Crippen LogP contribution < -0.4 is 5.32 Å². The molecule has 2 aromatic carbocycles. The number of benzene rings is 2. The molecule has 0 amide bonds. The van der Waals surface area contributed by atoms with E-state index in [9.17, 15) is 0 Å². The number of hydrogen-bond donors (Lipinski definition) is 1. The second-order valence-electron chi connectivity index (χ2n) is 5.22. The molecule has 2 rings (SSSR count). The van der Waals surface area contributed by atoms with Crippen LogP contribution in [0, 0.1) is 13.8 Å². The minimum atomic E-state index is 0.387. The van der Waals surface area contributed by atoms with Crippen molar-refractivity contribution in [3.05, 3.63) is 63.6 Å². The molecule has 0 aromatic heterocycles. The van der Waals surface area contributed by atoms with Gasteiger partial charge in [-0.1, -0.05) is 47.1 Å². The molecule has 0 heterocycles. The van der Waals surface area contributed by atoms with Crippen molar-refractivity contribution in [3.8, 4) is 0 Å². The summed E-state index contributed by atoms with van der Waals surface area (Å²) in [7, 11) is 0. The van der Waals surface area contributed by atoms with Crippen LogP contribution in [-0.4, -0.2) is 12.3 Å². The predicted octanol–water partition coefficient (Wildman–Crippen LogP) is 5.51. The zero-order valence-corrected chi connectivity index (χ0v) is 15.2. The normalized spacial score (nSPS) is 12.4. The minimum absolute atomic E-state index is 0.387. The predicted molar refractivity (Wildman–Crippen MR) is 97.2 cm³/mol. The highest BCUT2D eigenvalue weighted by Gasteiger charge is 2.11. The SMILES string of the molecule is CCNC(CSc1cccc(Br)c1)c1ccc(C)c(C)c1. The Labute approximate surface area is 140 Å². The molecule has 1 N–H and O–H groups in total. The second kappa shape index (κ2) is 8.02. The first-order chi connectivity index (χ1) is 10.1. The lowest BCUT2D eigenvalue weighted by Gasteiger charge is -2.19. The molecular formula is C18H22BrNS. The molecule has 2 aromatic rings. The number of aryl methyl sites for hydroxylation is 2. The van der Waals surface area contributed by atoms with Gasteiger partial charge in [0, 0.05) is 21.2 Å². The van der Waals surface area contributed by atoms with E-state index >= 15 is 0 Å². The lowest BCUT2D eigenvalue weighted by molar-refractivity contribution is 0.605. The highest BCUT2D eigenvalue weighted by atomic mass is 79.9. The van der Waals surface area contributed by atoms with Crippen LogP contribution in [0.1, 0.15) is 29.7 Å². The molecule has 0 radical (unpaired) electrons. The van der Waals surface area contributed by atoms with Gasteiger partial charge in [0.2, 0.25) is 0 Å². The third kappa shape index (κ3) is 4.87. The van der Waals surface area contributed by atoms with Gasteiger partial charge in [-0.25, -0.2) is 0 Å². The number of thioether (sulfide) groups is 1. The number of halogens is 1. The summed E-state index contributed by atoms with van der Waals surface area (Å²) in [6.07, 6.45) is 0. The number of nitrogens with one attached hydrogen (secondary N) is 1. The molecule has 1 nitrogen and oxygen atoms in total. The first-order valence-electron chi connectivity index (χ1n) is 7.29. The molecule has 3 heteroatoms. The fourth-order valence-corrected chi connectivity index (χ4v) is 3.84. The van der Waals surface area contributed by atoms with Crippen molar-refractivity contribution < 1.29 is 0 Å². The molecule has 0 saturated heterocycles. The van der Waals surface area contributed by atoms with E-state index in [1.807, 2.05) is 11.8 Å². The Hall–Kier alpha value is -0.770. The Morgan fingerprint density at radius 1 is 1.10 bits per heavy atom. The van der Waals surface area contributed by atoms with Gasteiger partial charge in [-0.05, 0) is 55.3 Å².